The molecule has 0 unspecified atom stereocenters. The predicted molar refractivity (Wildman–Crippen MR) is 71.8 cm³/mol. The molecule has 0 aliphatic carbocycles. The molecular formula is C14H16N2O2. The number of pyridine rings is 1. The Bertz CT molecular complexity index is 581. The van der Waals surface area contributed by atoms with Gasteiger partial charge >= 0.3 is 5.97 Å². The van der Waals surface area contributed by atoms with Crippen molar-refractivity contribution in [2.75, 3.05) is 5.32 Å². The van der Waals surface area contributed by atoms with E-state index in [1.54, 1.807) is 19.2 Å². The maximum atomic E-state index is 10.9. The second-order valence-electron chi connectivity index (χ2n) is 4.27. The Hall–Kier alpha value is -2.10. The number of fused-ring (bicyclic) bond motifs is 1. The topological polar surface area (TPSA) is 62.2 Å². The van der Waals surface area contributed by atoms with Gasteiger partial charge in [0.1, 0.15) is 6.04 Å². The molecule has 0 saturated heterocycles. The molecule has 0 amide bonds. The van der Waals surface area contributed by atoms with Gasteiger partial charge in [0.25, 0.3) is 0 Å². The van der Waals surface area contributed by atoms with Crippen molar-refractivity contribution in [1.29, 1.82) is 0 Å². The van der Waals surface area contributed by atoms with Crippen LogP contribution in [0.4, 0.5) is 5.69 Å². The number of benzene rings is 1. The van der Waals surface area contributed by atoms with Crippen molar-refractivity contribution < 1.29 is 9.90 Å². The number of carboxylic acids is 1. The molecule has 1 atom stereocenters. The molecule has 0 fully saturated rings. The van der Waals surface area contributed by atoms with Gasteiger partial charge in [0.05, 0.1) is 5.52 Å². The highest BCUT2D eigenvalue weighted by Gasteiger charge is 2.12. The Morgan fingerprint density at radius 2 is 2.22 bits per heavy atom. The Morgan fingerprint density at radius 3 is 2.89 bits per heavy atom. The molecule has 0 spiro atoms. The molecule has 0 aliphatic rings. The first kappa shape index (κ1) is 12.4. The summed E-state index contributed by atoms with van der Waals surface area (Å²) in [4.78, 5) is 15.2. The molecule has 2 aromatic rings. The fourth-order valence-corrected chi connectivity index (χ4v) is 1.83. The van der Waals surface area contributed by atoms with Gasteiger partial charge in [-0.25, -0.2) is 0 Å². The van der Waals surface area contributed by atoms with Crippen LogP contribution in [0.1, 0.15) is 19.4 Å². The summed E-state index contributed by atoms with van der Waals surface area (Å²) < 4.78 is 0. The maximum Gasteiger partial charge on any atom is 0.325 e. The minimum absolute atomic E-state index is 0.624. The molecule has 1 heterocycles. The first-order chi connectivity index (χ1) is 8.61. The highest BCUT2D eigenvalue weighted by Crippen LogP contribution is 2.23. The van der Waals surface area contributed by atoms with Crippen LogP contribution in [-0.4, -0.2) is 22.1 Å². The number of rotatable bonds is 4. The van der Waals surface area contributed by atoms with Gasteiger partial charge in [0.15, 0.2) is 0 Å². The highest BCUT2D eigenvalue weighted by molar-refractivity contribution is 5.93. The monoisotopic (exact) mass is 244 g/mol. The smallest absolute Gasteiger partial charge is 0.325 e. The molecule has 2 rings (SSSR count). The maximum absolute atomic E-state index is 10.9. The molecule has 2 N–H and O–H groups in total. The van der Waals surface area contributed by atoms with Crippen LogP contribution in [0.15, 0.2) is 30.5 Å². The number of carbonyl (C=O) groups is 1. The first-order valence-corrected chi connectivity index (χ1v) is 5.98. The predicted octanol–water partition coefficient (Wildman–Crippen LogP) is 2.68. The number of hydrogen-bond donors (Lipinski definition) is 2. The summed E-state index contributed by atoms with van der Waals surface area (Å²) in [7, 11) is 0. The van der Waals surface area contributed by atoms with Crippen LogP contribution < -0.4 is 5.32 Å². The zero-order chi connectivity index (χ0) is 13.1. The van der Waals surface area contributed by atoms with E-state index >= 15 is 0 Å². The summed E-state index contributed by atoms with van der Waals surface area (Å²) in [5.74, 6) is -0.869. The quantitative estimate of drug-likeness (QED) is 0.868. The summed E-state index contributed by atoms with van der Waals surface area (Å²) >= 11 is 0. The number of hydrogen-bond acceptors (Lipinski definition) is 3. The van der Waals surface area contributed by atoms with Gasteiger partial charge in [0.2, 0.25) is 0 Å². The minimum Gasteiger partial charge on any atom is -0.480 e. The summed E-state index contributed by atoms with van der Waals surface area (Å²) in [6.45, 7) is 3.71. The third kappa shape index (κ3) is 2.42. The Kier molecular flexibility index (Phi) is 3.46. The number of aromatic nitrogens is 1. The van der Waals surface area contributed by atoms with Gasteiger partial charge in [-0.05, 0) is 37.1 Å². The number of aryl methyl sites for hydroxylation is 1. The van der Waals surface area contributed by atoms with E-state index in [0.29, 0.717) is 0 Å². The zero-order valence-corrected chi connectivity index (χ0v) is 10.5. The Morgan fingerprint density at radius 1 is 1.44 bits per heavy atom. The van der Waals surface area contributed by atoms with Gasteiger partial charge in [-0.3, -0.25) is 9.78 Å². The van der Waals surface area contributed by atoms with E-state index in [4.69, 9.17) is 5.11 Å². The average Bonchev–Trinajstić information content (AvgIpc) is 2.38. The average molecular weight is 244 g/mol. The van der Waals surface area contributed by atoms with Gasteiger partial charge < -0.3 is 10.4 Å². The second kappa shape index (κ2) is 5.04. The molecule has 4 heteroatoms. The molecule has 0 bridgehead atoms. The summed E-state index contributed by atoms with van der Waals surface area (Å²) in [6.07, 6.45) is 2.63. The van der Waals surface area contributed by atoms with Crippen LogP contribution in [-0.2, 0) is 11.2 Å². The lowest BCUT2D eigenvalue weighted by molar-refractivity contribution is -0.137. The highest BCUT2D eigenvalue weighted by atomic mass is 16.4. The van der Waals surface area contributed by atoms with E-state index in [0.717, 1.165) is 23.0 Å². The van der Waals surface area contributed by atoms with Crippen LogP contribution in [0, 0.1) is 0 Å². The lowest BCUT2D eigenvalue weighted by Crippen LogP contribution is -2.25. The minimum atomic E-state index is -0.869. The van der Waals surface area contributed by atoms with Crippen molar-refractivity contribution in [1.82, 2.24) is 4.98 Å². The van der Waals surface area contributed by atoms with Crippen molar-refractivity contribution in [2.24, 2.45) is 0 Å². The fourth-order valence-electron chi connectivity index (χ4n) is 1.83. The normalized spacial score (nSPS) is 12.3. The molecule has 4 nitrogen and oxygen atoms in total. The van der Waals surface area contributed by atoms with Crippen molar-refractivity contribution >= 4 is 22.6 Å². The number of carboxylic acid groups (broad SMARTS) is 1. The third-order valence-corrected chi connectivity index (χ3v) is 2.96. The van der Waals surface area contributed by atoms with Crippen molar-refractivity contribution in [3.63, 3.8) is 0 Å². The van der Waals surface area contributed by atoms with Gasteiger partial charge in [0, 0.05) is 17.3 Å². The van der Waals surface area contributed by atoms with Crippen molar-refractivity contribution in [3.05, 3.63) is 36.0 Å². The number of aliphatic carboxylic acids is 1. The van der Waals surface area contributed by atoms with Gasteiger partial charge in [-0.2, -0.15) is 0 Å². The van der Waals surface area contributed by atoms with Crippen molar-refractivity contribution in [3.8, 4) is 0 Å². The Balaban J connectivity index is 2.46. The molecule has 0 radical (unpaired) electrons. The lowest BCUT2D eigenvalue weighted by Gasteiger charge is -2.13. The zero-order valence-electron chi connectivity index (χ0n) is 10.5. The van der Waals surface area contributed by atoms with Gasteiger partial charge in [-0.15, -0.1) is 0 Å². The second-order valence-corrected chi connectivity index (χ2v) is 4.27. The molecule has 1 aromatic carbocycles. The van der Waals surface area contributed by atoms with E-state index in [1.165, 1.54) is 5.56 Å². The van der Waals surface area contributed by atoms with Crippen LogP contribution >= 0.6 is 0 Å². The van der Waals surface area contributed by atoms with Crippen LogP contribution in [0.2, 0.25) is 0 Å². The Labute approximate surface area is 106 Å². The largest absolute Gasteiger partial charge is 0.480 e. The van der Waals surface area contributed by atoms with E-state index in [2.05, 4.69) is 23.3 Å². The number of nitrogens with one attached hydrogen (secondary N) is 1. The summed E-state index contributed by atoms with van der Waals surface area (Å²) in [6, 6.07) is 7.24. The number of anilines is 1. The van der Waals surface area contributed by atoms with Crippen LogP contribution in [0.5, 0.6) is 0 Å². The fraction of sp³-hybridized carbons (Fsp3) is 0.286. The first-order valence-electron chi connectivity index (χ1n) is 5.98. The standard InChI is InChI=1S/C14H16N2O2/c1-3-10-4-5-12-11(8-10)13(6-7-15-12)16-9(2)14(17)18/h4-9H,3H2,1-2H3,(H,15,16)(H,17,18)/t9-/m1/s1. The summed E-state index contributed by atoms with van der Waals surface area (Å²) in [5, 5.41) is 12.9. The van der Waals surface area contributed by atoms with Gasteiger partial charge in [-0.1, -0.05) is 13.0 Å². The molecule has 18 heavy (non-hydrogen) atoms. The van der Waals surface area contributed by atoms with E-state index in [-0.39, 0.29) is 0 Å². The molecule has 1 aromatic heterocycles. The molecule has 0 saturated carbocycles. The van der Waals surface area contributed by atoms with E-state index in [1.807, 2.05) is 12.1 Å². The van der Waals surface area contributed by atoms with Crippen LogP contribution in [0.3, 0.4) is 0 Å². The van der Waals surface area contributed by atoms with E-state index < -0.39 is 12.0 Å². The number of nitrogens with zero attached hydrogens (tertiary/aromatic N) is 1. The van der Waals surface area contributed by atoms with E-state index in [9.17, 15) is 4.79 Å². The molecular weight excluding hydrogens is 228 g/mol. The molecule has 94 valence electrons. The van der Waals surface area contributed by atoms with Crippen molar-refractivity contribution in [2.45, 2.75) is 26.3 Å². The summed E-state index contributed by atoms with van der Waals surface area (Å²) in [5.41, 5.74) is 2.89. The third-order valence-electron chi connectivity index (χ3n) is 2.96. The lowest BCUT2D eigenvalue weighted by atomic mass is 10.1. The molecule has 0 aliphatic heterocycles. The van der Waals surface area contributed by atoms with Crippen LogP contribution in [0.25, 0.3) is 10.9 Å². The SMILES string of the molecule is CCc1ccc2nccc(N[C@H](C)C(=O)O)c2c1.